The number of aliphatic hydroxyl groups is 2. The van der Waals surface area contributed by atoms with E-state index >= 15 is 0 Å². The van der Waals surface area contributed by atoms with Crippen LogP contribution in [0.4, 0.5) is 5.82 Å². The molecule has 2 aromatic heterocycles. The Balaban J connectivity index is 1.12. The smallest absolute Gasteiger partial charge is 0.340 e. The number of carbonyl (C=O) groups is 1. The van der Waals surface area contributed by atoms with E-state index in [9.17, 15) is 19.6 Å². The first kappa shape index (κ1) is 30.7. The van der Waals surface area contributed by atoms with Gasteiger partial charge in [-0.25, -0.2) is 4.98 Å². The number of nitrogens with one attached hydrogen (secondary N) is 1. The van der Waals surface area contributed by atoms with Crippen molar-refractivity contribution < 1.29 is 33.4 Å². The fourth-order valence-corrected chi connectivity index (χ4v) is 7.96. The highest BCUT2D eigenvalue weighted by Gasteiger charge is 2.46. The Morgan fingerprint density at radius 3 is 2.74 bits per heavy atom. The van der Waals surface area contributed by atoms with Crippen molar-refractivity contribution in [1.82, 2.24) is 24.4 Å². The lowest BCUT2D eigenvalue weighted by Gasteiger charge is -2.31. The van der Waals surface area contributed by atoms with Gasteiger partial charge in [0.15, 0.2) is 23.2 Å². The third kappa shape index (κ3) is 6.55. The number of nitrogens with zero attached hydrogens (tertiary/aromatic N) is 5. The van der Waals surface area contributed by atoms with Crippen LogP contribution in [0.25, 0.3) is 11.2 Å². The Labute approximate surface area is 258 Å². The summed E-state index contributed by atoms with van der Waals surface area (Å²) in [6, 6.07) is 7.31. The molecule has 2 saturated heterocycles. The number of ether oxygens (including phenoxy) is 1. The largest absolute Gasteiger partial charge is 0.387 e. The maximum atomic E-state index is 13.4. The lowest BCUT2D eigenvalue weighted by atomic mass is 10.1. The van der Waals surface area contributed by atoms with Crippen LogP contribution in [0.15, 0.2) is 30.6 Å². The van der Waals surface area contributed by atoms with Crippen LogP contribution in [-0.4, -0.2) is 91.3 Å². The van der Waals surface area contributed by atoms with E-state index in [1.165, 1.54) is 22.8 Å². The third-order valence-electron chi connectivity index (χ3n) is 8.09. The lowest BCUT2D eigenvalue weighted by Crippen LogP contribution is -2.42. The van der Waals surface area contributed by atoms with E-state index in [2.05, 4.69) is 20.3 Å². The highest BCUT2D eigenvalue weighted by atomic mass is 35.5. The van der Waals surface area contributed by atoms with Gasteiger partial charge >= 0.3 is 7.60 Å². The number of hydrogen-bond donors (Lipinski definition) is 3. The molecule has 0 spiro atoms. The Hall–Kier alpha value is -2.35. The normalized spacial score (nSPS) is 29.7. The average Bonchev–Trinajstić information content (AvgIpc) is 3.70. The maximum Gasteiger partial charge on any atom is 0.340 e. The molecule has 1 saturated carbocycles. The second-order valence-corrected chi connectivity index (χ2v) is 13.9. The number of benzene rings is 1. The van der Waals surface area contributed by atoms with Gasteiger partial charge in [-0.2, -0.15) is 9.97 Å². The number of likely N-dealkylation sites (N-methyl/N-ethyl adjacent to an activating group) is 1. The van der Waals surface area contributed by atoms with Crippen molar-refractivity contribution >= 4 is 53.7 Å². The number of halogens is 2. The van der Waals surface area contributed by atoms with Gasteiger partial charge in [-0.05, 0) is 42.1 Å². The maximum absolute atomic E-state index is 13.4. The number of anilines is 1. The van der Waals surface area contributed by atoms with Crippen molar-refractivity contribution in [2.75, 3.05) is 31.7 Å². The zero-order valence-corrected chi connectivity index (χ0v) is 25.8. The summed E-state index contributed by atoms with van der Waals surface area (Å²) < 4.78 is 32.1. The summed E-state index contributed by atoms with van der Waals surface area (Å²) >= 11 is 12.3. The van der Waals surface area contributed by atoms with Crippen molar-refractivity contribution in [3.8, 4) is 0 Å². The van der Waals surface area contributed by atoms with Crippen molar-refractivity contribution in [2.24, 2.45) is 0 Å². The Morgan fingerprint density at radius 2 is 1.98 bits per heavy atom. The molecule has 1 aliphatic carbocycles. The Bertz CT molecular complexity index is 1540. The summed E-state index contributed by atoms with van der Waals surface area (Å²) in [6.45, 7) is 0.0657. The molecule has 3 aromatic rings. The Kier molecular flexibility index (Phi) is 8.96. The number of fused-ring (bicyclic) bond motifs is 1. The molecule has 6 rings (SSSR count). The predicted octanol–water partition coefficient (Wildman–Crippen LogP) is 3.94. The zero-order chi connectivity index (χ0) is 30.3. The summed E-state index contributed by atoms with van der Waals surface area (Å²) in [5.74, 6) is -0.0331. The van der Waals surface area contributed by atoms with Gasteiger partial charge in [0.2, 0.25) is 11.2 Å². The van der Waals surface area contributed by atoms with Gasteiger partial charge in [0, 0.05) is 31.1 Å². The van der Waals surface area contributed by atoms with Crippen molar-refractivity contribution in [1.29, 1.82) is 0 Å². The number of rotatable bonds is 8. The molecule has 1 aromatic carbocycles. The molecule has 2 aliphatic heterocycles. The van der Waals surface area contributed by atoms with E-state index in [1.54, 1.807) is 18.2 Å². The van der Waals surface area contributed by atoms with Crippen LogP contribution in [0.5, 0.6) is 0 Å². The van der Waals surface area contributed by atoms with Crippen LogP contribution in [0.3, 0.4) is 0 Å². The molecule has 6 atom stereocenters. The number of carbonyl (C=O) groups excluding carboxylic acids is 1. The predicted molar refractivity (Wildman–Crippen MR) is 158 cm³/mol. The molecule has 3 fully saturated rings. The van der Waals surface area contributed by atoms with E-state index in [1.807, 2.05) is 6.07 Å². The lowest BCUT2D eigenvalue weighted by molar-refractivity contribution is -0.130. The minimum absolute atomic E-state index is 0.00397. The fourth-order valence-electron chi connectivity index (χ4n) is 5.80. The van der Waals surface area contributed by atoms with Crippen LogP contribution < -0.4 is 5.32 Å². The standard InChI is InChI=1S/C27H33Cl2N6O7P/c1-34(20(36)13-43(39)40-10-9-18(42-43)15-5-4-6-16(28)11-15)12-19-22(37)23(38)26(41-19)35-14-30-21-24(31-17-7-2-3-8-17)32-27(29)33-25(21)35/h4-6,11,14,17-19,22-23,26,37-38H,2-3,7-10,12-13H2,1H3,(H,31,32,33)/t18?,19-,22-,23-,26-,43?/m1/s1. The van der Waals surface area contributed by atoms with Gasteiger partial charge in [-0.1, -0.05) is 36.6 Å². The molecule has 0 bridgehead atoms. The molecule has 1 amide bonds. The minimum Gasteiger partial charge on any atom is -0.387 e. The van der Waals surface area contributed by atoms with Crippen LogP contribution in [0.2, 0.25) is 10.3 Å². The molecule has 3 N–H and O–H groups in total. The molecular formula is C27H33Cl2N6O7P. The van der Waals surface area contributed by atoms with Gasteiger partial charge in [-0.3, -0.25) is 18.5 Å². The van der Waals surface area contributed by atoms with Gasteiger partial charge in [-0.15, -0.1) is 0 Å². The van der Waals surface area contributed by atoms with Gasteiger partial charge in [0.25, 0.3) is 0 Å². The van der Waals surface area contributed by atoms with Gasteiger partial charge in [0.1, 0.15) is 24.5 Å². The number of aromatic nitrogens is 4. The molecule has 43 heavy (non-hydrogen) atoms. The molecule has 16 heteroatoms. The third-order valence-corrected chi connectivity index (χ3v) is 10.3. The van der Waals surface area contributed by atoms with Crippen molar-refractivity contribution in [2.45, 2.75) is 68.8 Å². The molecule has 0 radical (unpaired) electrons. The molecule has 4 heterocycles. The zero-order valence-electron chi connectivity index (χ0n) is 23.4. The summed E-state index contributed by atoms with van der Waals surface area (Å²) in [6.07, 6.45) is 0.491. The number of amides is 1. The average molecular weight is 655 g/mol. The summed E-state index contributed by atoms with van der Waals surface area (Å²) in [5.41, 5.74) is 1.55. The van der Waals surface area contributed by atoms with Crippen LogP contribution >= 0.6 is 30.8 Å². The topological polar surface area (TPSA) is 161 Å². The van der Waals surface area contributed by atoms with E-state index in [0.717, 1.165) is 31.2 Å². The summed E-state index contributed by atoms with van der Waals surface area (Å²) in [4.78, 5) is 27.4. The van der Waals surface area contributed by atoms with Crippen molar-refractivity contribution in [3.05, 3.63) is 46.5 Å². The summed E-state index contributed by atoms with van der Waals surface area (Å²) in [5, 5.41) is 25.7. The molecule has 232 valence electrons. The van der Waals surface area contributed by atoms with E-state index in [0.29, 0.717) is 28.4 Å². The van der Waals surface area contributed by atoms with Gasteiger partial charge < -0.3 is 29.7 Å². The highest BCUT2D eigenvalue weighted by molar-refractivity contribution is 7.54. The second-order valence-electron chi connectivity index (χ2n) is 11.2. The molecule has 13 nitrogen and oxygen atoms in total. The fraction of sp³-hybridized carbons (Fsp3) is 0.556. The van der Waals surface area contributed by atoms with Gasteiger partial charge in [0.05, 0.1) is 19.0 Å². The first-order valence-corrected chi connectivity index (χ1v) is 16.7. The minimum atomic E-state index is -3.76. The first-order chi connectivity index (χ1) is 20.6. The second kappa shape index (κ2) is 12.6. The van der Waals surface area contributed by atoms with E-state index in [-0.39, 0.29) is 24.5 Å². The van der Waals surface area contributed by atoms with E-state index < -0.39 is 50.3 Å². The number of imidazole rings is 1. The quantitative estimate of drug-likeness (QED) is 0.238. The summed E-state index contributed by atoms with van der Waals surface area (Å²) in [7, 11) is -2.27. The van der Waals surface area contributed by atoms with Crippen LogP contribution in [0, 0.1) is 0 Å². The first-order valence-electron chi connectivity index (χ1n) is 14.2. The SMILES string of the molecule is CN(C[C@H]1O[C@@H](n2cnc3c(NC4CCCC4)nc(Cl)nc32)[C@H](O)[C@@H]1O)C(=O)CP1(=O)OCCC(c2cccc(Cl)c2)O1. The van der Waals surface area contributed by atoms with Crippen molar-refractivity contribution in [3.63, 3.8) is 0 Å². The number of hydrogen-bond acceptors (Lipinski definition) is 11. The molecule has 3 aliphatic rings. The van der Waals surface area contributed by atoms with Crippen LogP contribution in [-0.2, 0) is 23.1 Å². The van der Waals surface area contributed by atoms with Crippen LogP contribution in [0.1, 0.15) is 50.0 Å². The van der Waals surface area contributed by atoms with E-state index in [4.69, 9.17) is 37.0 Å². The number of aliphatic hydroxyl groups excluding tert-OH is 2. The molecular weight excluding hydrogens is 622 g/mol. The highest BCUT2D eigenvalue weighted by Crippen LogP contribution is 2.56. The Morgan fingerprint density at radius 1 is 1.19 bits per heavy atom. The monoisotopic (exact) mass is 654 g/mol. The molecule has 2 unspecified atom stereocenters.